The number of carboxylic acid groups (broad SMARTS) is 1. The Labute approximate surface area is 67.7 Å². The van der Waals surface area contributed by atoms with Crippen molar-refractivity contribution in [3.8, 4) is 0 Å². The average molecular weight is 172 g/mol. The predicted molar refractivity (Wildman–Crippen MR) is 42.5 cm³/mol. The molecule has 0 aromatic carbocycles. The molecule has 0 bridgehead atoms. The van der Waals surface area contributed by atoms with E-state index in [1.54, 1.807) is 5.51 Å². The van der Waals surface area contributed by atoms with Gasteiger partial charge in [0.05, 0.1) is 17.6 Å². The molecular weight excluding hydrogens is 164 g/mol. The summed E-state index contributed by atoms with van der Waals surface area (Å²) in [4.78, 5) is 14.1. The van der Waals surface area contributed by atoms with Crippen LogP contribution in [0.4, 0.5) is 5.00 Å². The van der Waals surface area contributed by atoms with E-state index in [0.717, 1.165) is 0 Å². The molecule has 0 atom stereocenters. The van der Waals surface area contributed by atoms with Crippen LogP contribution in [0.3, 0.4) is 0 Å². The highest BCUT2D eigenvalue weighted by Crippen LogP contribution is 2.16. The van der Waals surface area contributed by atoms with E-state index >= 15 is 0 Å². The molecule has 4 nitrogen and oxygen atoms in total. The quantitative estimate of drug-likeness (QED) is 0.705. The smallest absolute Gasteiger partial charge is 0.303 e. The normalized spacial score (nSPS) is 9.82. The first-order valence-electron chi connectivity index (χ1n) is 3.10. The molecule has 0 unspecified atom stereocenters. The Bertz CT molecular complexity index is 259. The Hall–Kier alpha value is -1.10. The summed E-state index contributed by atoms with van der Waals surface area (Å²) in [5, 5.41) is 8.95. The van der Waals surface area contributed by atoms with Crippen LogP contribution in [0.1, 0.15) is 12.1 Å². The van der Waals surface area contributed by atoms with Gasteiger partial charge in [0.1, 0.15) is 5.00 Å². The number of rotatable bonds is 3. The zero-order chi connectivity index (χ0) is 8.27. The summed E-state index contributed by atoms with van der Waals surface area (Å²) in [5.41, 5.74) is 7.80. The molecule has 60 valence electrons. The molecule has 0 saturated heterocycles. The fourth-order valence-corrected chi connectivity index (χ4v) is 1.28. The first-order chi connectivity index (χ1) is 5.20. The number of aromatic nitrogens is 1. The number of nitrogens with two attached hydrogens (primary N) is 1. The van der Waals surface area contributed by atoms with Gasteiger partial charge in [-0.2, -0.15) is 0 Å². The number of aryl methyl sites for hydroxylation is 1. The lowest BCUT2D eigenvalue weighted by Crippen LogP contribution is -1.99. The lowest BCUT2D eigenvalue weighted by molar-refractivity contribution is -0.136. The summed E-state index contributed by atoms with van der Waals surface area (Å²) in [5.74, 6) is -0.822. The number of hydrogen-bond donors (Lipinski definition) is 2. The van der Waals surface area contributed by atoms with Crippen molar-refractivity contribution in [3.63, 3.8) is 0 Å². The lowest BCUT2D eigenvalue weighted by atomic mass is 10.2. The summed E-state index contributed by atoms with van der Waals surface area (Å²) in [6.45, 7) is 0. The largest absolute Gasteiger partial charge is 0.481 e. The van der Waals surface area contributed by atoms with Crippen molar-refractivity contribution in [2.45, 2.75) is 12.8 Å². The Balaban J connectivity index is 2.51. The van der Waals surface area contributed by atoms with Crippen LogP contribution in [0.5, 0.6) is 0 Å². The number of carboxylic acids is 1. The van der Waals surface area contributed by atoms with Gasteiger partial charge in [0, 0.05) is 6.42 Å². The van der Waals surface area contributed by atoms with Gasteiger partial charge in [-0.3, -0.25) is 4.79 Å². The van der Waals surface area contributed by atoms with Gasteiger partial charge in [0.2, 0.25) is 0 Å². The molecule has 1 heterocycles. The summed E-state index contributed by atoms with van der Waals surface area (Å²) in [6.07, 6.45) is 0.512. The Morgan fingerprint density at radius 2 is 2.55 bits per heavy atom. The Morgan fingerprint density at radius 3 is 3.00 bits per heavy atom. The number of hydrogen-bond acceptors (Lipinski definition) is 4. The highest BCUT2D eigenvalue weighted by molar-refractivity contribution is 7.13. The van der Waals surface area contributed by atoms with Gasteiger partial charge in [-0.1, -0.05) is 0 Å². The molecule has 3 N–H and O–H groups in total. The Morgan fingerprint density at radius 1 is 1.82 bits per heavy atom. The van der Waals surface area contributed by atoms with Crippen LogP contribution < -0.4 is 5.73 Å². The number of nitrogens with zero attached hydrogens (tertiary/aromatic N) is 1. The van der Waals surface area contributed by atoms with E-state index in [0.29, 0.717) is 17.1 Å². The number of anilines is 1. The van der Waals surface area contributed by atoms with Crippen LogP contribution in [-0.4, -0.2) is 16.1 Å². The van der Waals surface area contributed by atoms with Gasteiger partial charge >= 0.3 is 5.97 Å². The van der Waals surface area contributed by atoms with Crippen molar-refractivity contribution in [2.75, 3.05) is 5.73 Å². The molecule has 0 amide bonds. The van der Waals surface area contributed by atoms with E-state index in [9.17, 15) is 4.79 Å². The summed E-state index contributed by atoms with van der Waals surface area (Å²) in [6, 6.07) is 0. The van der Waals surface area contributed by atoms with E-state index in [1.807, 2.05) is 0 Å². The van der Waals surface area contributed by atoms with Gasteiger partial charge in [0.15, 0.2) is 0 Å². The highest BCUT2D eigenvalue weighted by atomic mass is 32.1. The van der Waals surface area contributed by atoms with Crippen molar-refractivity contribution in [1.29, 1.82) is 0 Å². The van der Waals surface area contributed by atoms with Crippen LogP contribution in [0.2, 0.25) is 0 Å². The standard InChI is InChI=1S/C6H8N2O2S/c7-6-4(8-3-11-6)1-2-5(9)10/h3H,1-2,7H2,(H,9,10). The number of aliphatic carboxylic acids is 1. The maximum Gasteiger partial charge on any atom is 0.303 e. The number of carbonyl (C=O) groups is 1. The fraction of sp³-hybridized carbons (Fsp3) is 0.333. The summed E-state index contributed by atoms with van der Waals surface area (Å²) < 4.78 is 0. The SMILES string of the molecule is Nc1scnc1CCC(=O)O. The van der Waals surface area contributed by atoms with E-state index in [1.165, 1.54) is 11.3 Å². The minimum absolute atomic E-state index is 0.0912. The average Bonchev–Trinajstić information content (AvgIpc) is 2.31. The van der Waals surface area contributed by atoms with E-state index in [-0.39, 0.29) is 6.42 Å². The minimum atomic E-state index is -0.822. The van der Waals surface area contributed by atoms with Crippen LogP contribution in [0, 0.1) is 0 Å². The topological polar surface area (TPSA) is 76.2 Å². The molecule has 1 aromatic rings. The maximum atomic E-state index is 10.1. The van der Waals surface area contributed by atoms with Crippen LogP contribution >= 0.6 is 11.3 Å². The maximum absolute atomic E-state index is 10.1. The van der Waals surface area contributed by atoms with Crippen molar-refractivity contribution in [1.82, 2.24) is 4.98 Å². The predicted octanol–water partition coefficient (Wildman–Crippen LogP) is 0.742. The first-order valence-corrected chi connectivity index (χ1v) is 3.97. The second kappa shape index (κ2) is 3.34. The van der Waals surface area contributed by atoms with Crippen LogP contribution in [-0.2, 0) is 11.2 Å². The molecule has 11 heavy (non-hydrogen) atoms. The zero-order valence-corrected chi connectivity index (χ0v) is 6.60. The Kier molecular flexibility index (Phi) is 2.43. The van der Waals surface area contributed by atoms with Crippen LogP contribution in [0.25, 0.3) is 0 Å². The van der Waals surface area contributed by atoms with Gasteiger partial charge < -0.3 is 10.8 Å². The molecule has 0 radical (unpaired) electrons. The van der Waals surface area contributed by atoms with E-state index in [4.69, 9.17) is 10.8 Å². The van der Waals surface area contributed by atoms with Gasteiger partial charge in [-0.15, -0.1) is 11.3 Å². The van der Waals surface area contributed by atoms with Crippen molar-refractivity contribution in [2.24, 2.45) is 0 Å². The van der Waals surface area contributed by atoms with Crippen molar-refractivity contribution < 1.29 is 9.90 Å². The molecule has 0 fully saturated rings. The second-order valence-electron chi connectivity index (χ2n) is 2.06. The third-order valence-electron chi connectivity index (χ3n) is 1.25. The summed E-state index contributed by atoms with van der Waals surface area (Å²) >= 11 is 1.33. The molecule has 1 aromatic heterocycles. The van der Waals surface area contributed by atoms with Gasteiger partial charge in [0.25, 0.3) is 0 Å². The summed E-state index contributed by atoms with van der Waals surface area (Å²) in [7, 11) is 0. The third kappa shape index (κ3) is 2.19. The highest BCUT2D eigenvalue weighted by Gasteiger charge is 2.04. The van der Waals surface area contributed by atoms with Crippen LogP contribution in [0.15, 0.2) is 5.51 Å². The monoisotopic (exact) mass is 172 g/mol. The van der Waals surface area contributed by atoms with Crippen molar-refractivity contribution >= 4 is 22.3 Å². The van der Waals surface area contributed by atoms with E-state index < -0.39 is 5.97 Å². The molecule has 0 aliphatic heterocycles. The van der Waals surface area contributed by atoms with Crippen molar-refractivity contribution in [3.05, 3.63) is 11.2 Å². The first kappa shape index (κ1) is 8.00. The molecule has 0 saturated carbocycles. The van der Waals surface area contributed by atoms with Gasteiger partial charge in [-0.25, -0.2) is 4.98 Å². The van der Waals surface area contributed by atoms with Gasteiger partial charge in [-0.05, 0) is 0 Å². The molecule has 1 rings (SSSR count). The lowest BCUT2D eigenvalue weighted by Gasteiger charge is -1.92. The molecule has 5 heteroatoms. The fourth-order valence-electron chi connectivity index (χ4n) is 0.691. The number of nitrogen functional groups attached to an aromatic ring is 1. The second-order valence-corrected chi connectivity index (χ2v) is 2.94. The molecule has 0 spiro atoms. The minimum Gasteiger partial charge on any atom is -0.481 e. The molecule has 0 aliphatic carbocycles. The molecular formula is C6H8N2O2S. The molecule has 0 aliphatic rings. The number of thiazole rings is 1. The zero-order valence-electron chi connectivity index (χ0n) is 5.78. The van der Waals surface area contributed by atoms with E-state index in [2.05, 4.69) is 4.98 Å². The third-order valence-corrected chi connectivity index (χ3v) is 1.95.